The minimum absolute atomic E-state index is 0.0352. The van der Waals surface area contributed by atoms with E-state index in [1.54, 1.807) is 13.1 Å². The Balaban J connectivity index is 2.30. The second-order valence-electron chi connectivity index (χ2n) is 9.95. The number of benzene rings is 1. The van der Waals surface area contributed by atoms with Crippen molar-refractivity contribution in [2.24, 2.45) is 17.4 Å². The maximum absolute atomic E-state index is 13.5. The van der Waals surface area contributed by atoms with Gasteiger partial charge in [0.15, 0.2) is 6.04 Å². The minimum Gasteiger partial charge on any atom is -0.480 e. The fourth-order valence-electron chi connectivity index (χ4n) is 4.24. The summed E-state index contributed by atoms with van der Waals surface area (Å²) >= 11 is 0. The van der Waals surface area contributed by atoms with Crippen LogP contribution in [0, 0.1) is 5.92 Å². The number of hydrogen-bond donors (Lipinski definition) is 8. The van der Waals surface area contributed by atoms with E-state index in [1.165, 1.54) is 6.92 Å². The zero-order valence-electron chi connectivity index (χ0n) is 22.8. The molecular weight excluding hydrogens is 504 g/mol. The topological polar surface area (TPSA) is 213 Å². The van der Waals surface area contributed by atoms with Crippen LogP contribution in [0.5, 0.6) is 0 Å². The van der Waals surface area contributed by atoms with Gasteiger partial charge in [0.05, 0.1) is 12.1 Å². The summed E-state index contributed by atoms with van der Waals surface area (Å²) in [6.45, 7) is 5.41. The fraction of sp³-hybridized carbons (Fsp3) is 0.556. The number of hydrogen-bond acceptors (Lipinski definition) is 7. The maximum Gasteiger partial charge on any atom is 0.328 e. The number of aliphatic carboxylic acids is 1. The number of H-pyrrole nitrogens is 1. The van der Waals surface area contributed by atoms with Crippen molar-refractivity contribution in [1.82, 2.24) is 20.9 Å². The van der Waals surface area contributed by atoms with Crippen molar-refractivity contribution in [1.29, 1.82) is 0 Å². The summed E-state index contributed by atoms with van der Waals surface area (Å²) in [7, 11) is 0. The Morgan fingerprint density at radius 2 is 1.64 bits per heavy atom. The Hall–Kier alpha value is -3.48. The third kappa shape index (κ3) is 9.05. The van der Waals surface area contributed by atoms with Crippen molar-refractivity contribution in [3.8, 4) is 0 Å². The lowest BCUT2D eigenvalue weighted by Gasteiger charge is -2.28. The van der Waals surface area contributed by atoms with Gasteiger partial charge < -0.3 is 42.6 Å². The molecule has 39 heavy (non-hydrogen) atoms. The third-order valence-electron chi connectivity index (χ3n) is 6.88. The first-order chi connectivity index (χ1) is 18.5. The number of carboxylic acid groups (broad SMARTS) is 1. The summed E-state index contributed by atoms with van der Waals surface area (Å²) in [5, 5.41) is 27.9. The molecule has 1 heterocycles. The smallest absolute Gasteiger partial charge is 0.328 e. The van der Waals surface area contributed by atoms with Gasteiger partial charge in [-0.15, -0.1) is 0 Å². The third-order valence-corrected chi connectivity index (χ3v) is 6.88. The number of aliphatic hydroxyl groups excluding tert-OH is 1. The number of para-hydroxylation sites is 1. The van der Waals surface area contributed by atoms with Crippen molar-refractivity contribution in [3.05, 3.63) is 36.0 Å². The molecule has 2 aromatic rings. The zero-order valence-corrected chi connectivity index (χ0v) is 22.8. The van der Waals surface area contributed by atoms with Gasteiger partial charge in [0.25, 0.3) is 0 Å². The molecule has 0 fully saturated rings. The maximum atomic E-state index is 13.5. The standard InChI is InChI=1S/C27H42N6O6/c1-4-15(2)22(32-24(35)19(29)10-7-8-12-28)26(37)31-21(25(36)33-23(16(3)34)27(38)39)13-17-14-30-20-11-6-5-9-18(17)20/h5-6,9,11,14-16,19,21-23,30,34H,4,7-8,10,12-13,28-29H2,1-3H3,(H,31,37)(H,32,35)(H,33,36)(H,38,39). The molecule has 10 N–H and O–H groups in total. The molecule has 1 aromatic carbocycles. The second-order valence-corrected chi connectivity index (χ2v) is 9.95. The molecule has 3 amide bonds. The van der Waals surface area contributed by atoms with Crippen LogP contribution in [-0.4, -0.2) is 75.7 Å². The number of fused-ring (bicyclic) bond motifs is 1. The number of rotatable bonds is 16. The van der Waals surface area contributed by atoms with E-state index in [1.807, 2.05) is 31.2 Å². The van der Waals surface area contributed by atoms with Crippen LogP contribution in [0.1, 0.15) is 52.0 Å². The number of carboxylic acids is 1. The number of unbranched alkanes of at least 4 members (excludes halogenated alkanes) is 1. The summed E-state index contributed by atoms with van der Waals surface area (Å²) in [5.74, 6) is -3.56. The molecule has 0 saturated heterocycles. The molecule has 12 nitrogen and oxygen atoms in total. The quantitative estimate of drug-likeness (QED) is 0.135. The number of aromatic nitrogens is 1. The van der Waals surface area contributed by atoms with Gasteiger partial charge >= 0.3 is 5.97 Å². The van der Waals surface area contributed by atoms with E-state index in [0.717, 1.165) is 22.9 Å². The van der Waals surface area contributed by atoms with E-state index in [4.69, 9.17) is 11.5 Å². The van der Waals surface area contributed by atoms with Gasteiger partial charge in [0, 0.05) is 23.5 Å². The Bertz CT molecular complexity index is 1120. The van der Waals surface area contributed by atoms with Crippen LogP contribution in [0.15, 0.2) is 30.5 Å². The van der Waals surface area contributed by atoms with E-state index < -0.39 is 54.0 Å². The number of nitrogens with one attached hydrogen (secondary N) is 4. The Morgan fingerprint density at radius 1 is 0.974 bits per heavy atom. The number of aromatic amines is 1. The average Bonchev–Trinajstić information content (AvgIpc) is 3.31. The normalized spacial score (nSPS) is 15.9. The molecule has 2 rings (SSSR count). The van der Waals surface area contributed by atoms with E-state index in [9.17, 15) is 29.4 Å². The van der Waals surface area contributed by atoms with Crippen LogP contribution in [0.3, 0.4) is 0 Å². The van der Waals surface area contributed by atoms with Gasteiger partial charge in [0.2, 0.25) is 17.7 Å². The Kier molecular flexibility index (Phi) is 12.4. The van der Waals surface area contributed by atoms with Crippen LogP contribution in [0.4, 0.5) is 0 Å². The zero-order chi connectivity index (χ0) is 29.1. The van der Waals surface area contributed by atoms with E-state index in [-0.39, 0.29) is 12.3 Å². The van der Waals surface area contributed by atoms with Crippen LogP contribution < -0.4 is 27.4 Å². The largest absolute Gasteiger partial charge is 0.480 e. The highest BCUT2D eigenvalue weighted by Gasteiger charge is 2.34. The highest BCUT2D eigenvalue weighted by molar-refractivity contribution is 5.95. The molecule has 0 radical (unpaired) electrons. The first kappa shape index (κ1) is 31.7. The molecule has 216 valence electrons. The predicted octanol–water partition coefficient (Wildman–Crippen LogP) is 0.133. The van der Waals surface area contributed by atoms with Gasteiger partial charge in [0.1, 0.15) is 12.1 Å². The number of carbonyl (C=O) groups is 4. The molecule has 0 aliphatic rings. The number of nitrogens with two attached hydrogens (primary N) is 2. The van der Waals surface area contributed by atoms with Crippen molar-refractivity contribution in [2.75, 3.05) is 6.54 Å². The van der Waals surface area contributed by atoms with Crippen molar-refractivity contribution in [2.45, 2.75) is 83.1 Å². The van der Waals surface area contributed by atoms with Crippen molar-refractivity contribution >= 4 is 34.6 Å². The molecule has 0 saturated carbocycles. The molecular formula is C27H42N6O6. The average molecular weight is 547 g/mol. The first-order valence-corrected chi connectivity index (χ1v) is 13.3. The molecule has 1 aromatic heterocycles. The van der Waals surface area contributed by atoms with Gasteiger partial charge in [-0.3, -0.25) is 14.4 Å². The Morgan fingerprint density at radius 3 is 2.26 bits per heavy atom. The molecule has 6 atom stereocenters. The molecule has 6 unspecified atom stereocenters. The molecule has 0 aliphatic carbocycles. The minimum atomic E-state index is -1.57. The number of aliphatic hydroxyl groups is 1. The number of carbonyl (C=O) groups excluding carboxylic acids is 3. The Labute approximate surface area is 228 Å². The summed E-state index contributed by atoms with van der Waals surface area (Å²) in [5.41, 5.74) is 13.1. The van der Waals surface area contributed by atoms with E-state index >= 15 is 0 Å². The lowest BCUT2D eigenvalue weighted by molar-refractivity contribution is -0.145. The van der Waals surface area contributed by atoms with Crippen LogP contribution >= 0.6 is 0 Å². The molecule has 12 heteroatoms. The van der Waals surface area contributed by atoms with Crippen LogP contribution in [-0.2, 0) is 25.6 Å². The van der Waals surface area contributed by atoms with E-state index in [0.29, 0.717) is 25.8 Å². The van der Waals surface area contributed by atoms with Gasteiger partial charge in [-0.2, -0.15) is 0 Å². The molecule has 0 aliphatic heterocycles. The number of amides is 3. The van der Waals surface area contributed by atoms with Gasteiger partial charge in [-0.25, -0.2) is 4.79 Å². The molecule has 0 bridgehead atoms. The highest BCUT2D eigenvalue weighted by atomic mass is 16.4. The SMILES string of the molecule is CCC(C)C(NC(=O)C(N)CCCCN)C(=O)NC(Cc1c[nH]c2ccccc12)C(=O)NC(C(=O)O)C(C)O. The van der Waals surface area contributed by atoms with Crippen molar-refractivity contribution in [3.63, 3.8) is 0 Å². The lowest BCUT2D eigenvalue weighted by atomic mass is 9.96. The lowest BCUT2D eigenvalue weighted by Crippen LogP contribution is -2.60. The summed E-state index contributed by atoms with van der Waals surface area (Å²) < 4.78 is 0. The van der Waals surface area contributed by atoms with Crippen LogP contribution in [0.2, 0.25) is 0 Å². The summed E-state index contributed by atoms with van der Waals surface area (Å²) in [6, 6.07) is 2.86. The predicted molar refractivity (Wildman–Crippen MR) is 147 cm³/mol. The monoisotopic (exact) mass is 546 g/mol. The first-order valence-electron chi connectivity index (χ1n) is 13.3. The highest BCUT2D eigenvalue weighted by Crippen LogP contribution is 2.20. The van der Waals surface area contributed by atoms with Crippen LogP contribution in [0.25, 0.3) is 10.9 Å². The summed E-state index contributed by atoms with van der Waals surface area (Å²) in [4.78, 5) is 54.2. The van der Waals surface area contributed by atoms with Crippen molar-refractivity contribution < 1.29 is 29.4 Å². The van der Waals surface area contributed by atoms with E-state index in [2.05, 4.69) is 20.9 Å². The van der Waals surface area contributed by atoms with Gasteiger partial charge in [-0.05, 0) is 43.9 Å². The molecule has 0 spiro atoms. The summed E-state index contributed by atoms with van der Waals surface area (Å²) in [6.07, 6.45) is 2.76. The second kappa shape index (κ2) is 15.2. The van der Waals surface area contributed by atoms with Gasteiger partial charge in [-0.1, -0.05) is 44.9 Å². The fourth-order valence-corrected chi connectivity index (χ4v) is 4.24.